The SMILES string of the molecule is CC1(C)c2ccccc2-c2c1ccc1c3ccccc3n(-c3ccc(-c4nc(-c5ccccc5)c5c(n4)oc4ccccc45)cc3)c21. The number of nitrogens with zero attached hydrogens (tertiary/aromatic N) is 3. The fourth-order valence-electron chi connectivity index (χ4n) is 7.83. The van der Waals surface area contributed by atoms with E-state index in [-0.39, 0.29) is 5.41 Å². The molecule has 222 valence electrons. The lowest BCUT2D eigenvalue weighted by Gasteiger charge is -2.21. The molecular weight excluding hydrogens is 574 g/mol. The average Bonchev–Trinajstić information content (AvgIpc) is 3.74. The molecule has 0 saturated carbocycles. The molecule has 10 rings (SSSR count). The predicted octanol–water partition coefficient (Wildman–Crippen LogP) is 11.1. The van der Waals surface area contributed by atoms with Crippen molar-refractivity contribution in [2.75, 3.05) is 0 Å². The molecule has 0 saturated heterocycles. The van der Waals surface area contributed by atoms with E-state index in [0.717, 1.165) is 38.9 Å². The quantitative estimate of drug-likeness (QED) is 0.202. The first-order valence-electron chi connectivity index (χ1n) is 16.1. The number of benzene rings is 6. The molecule has 0 N–H and O–H groups in total. The van der Waals surface area contributed by atoms with Gasteiger partial charge in [-0.25, -0.2) is 4.98 Å². The molecule has 3 aromatic heterocycles. The monoisotopic (exact) mass is 603 g/mol. The number of hydrogen-bond donors (Lipinski definition) is 0. The van der Waals surface area contributed by atoms with Crippen LogP contribution in [0.5, 0.6) is 0 Å². The fraction of sp³-hybridized carbons (Fsp3) is 0.0698. The lowest BCUT2D eigenvalue weighted by atomic mass is 9.82. The summed E-state index contributed by atoms with van der Waals surface area (Å²) in [6, 6.07) is 49.3. The lowest BCUT2D eigenvalue weighted by Crippen LogP contribution is -2.14. The van der Waals surface area contributed by atoms with E-state index in [1.807, 2.05) is 36.4 Å². The van der Waals surface area contributed by atoms with Crippen molar-refractivity contribution in [1.82, 2.24) is 14.5 Å². The molecule has 47 heavy (non-hydrogen) atoms. The lowest BCUT2D eigenvalue weighted by molar-refractivity contribution is 0.653. The van der Waals surface area contributed by atoms with Crippen LogP contribution in [0.1, 0.15) is 25.0 Å². The fourth-order valence-corrected chi connectivity index (χ4v) is 7.83. The number of rotatable bonds is 3. The summed E-state index contributed by atoms with van der Waals surface area (Å²) in [4.78, 5) is 10.1. The maximum atomic E-state index is 6.29. The van der Waals surface area contributed by atoms with Crippen molar-refractivity contribution in [2.24, 2.45) is 0 Å². The van der Waals surface area contributed by atoms with Gasteiger partial charge in [0.1, 0.15) is 5.58 Å². The summed E-state index contributed by atoms with van der Waals surface area (Å²) in [5, 5.41) is 4.48. The molecule has 0 radical (unpaired) electrons. The van der Waals surface area contributed by atoms with E-state index in [0.29, 0.717) is 11.5 Å². The maximum absolute atomic E-state index is 6.29. The van der Waals surface area contributed by atoms with Crippen LogP contribution in [0, 0.1) is 0 Å². The highest BCUT2D eigenvalue weighted by molar-refractivity contribution is 6.16. The van der Waals surface area contributed by atoms with Crippen LogP contribution >= 0.6 is 0 Å². The van der Waals surface area contributed by atoms with Crippen LogP contribution in [-0.4, -0.2) is 14.5 Å². The van der Waals surface area contributed by atoms with Gasteiger partial charge in [-0.2, -0.15) is 4.98 Å². The molecule has 6 aromatic carbocycles. The van der Waals surface area contributed by atoms with E-state index in [2.05, 4.69) is 122 Å². The van der Waals surface area contributed by atoms with Gasteiger partial charge in [-0.15, -0.1) is 0 Å². The first-order chi connectivity index (χ1) is 23.1. The Kier molecular flexibility index (Phi) is 5.31. The van der Waals surface area contributed by atoms with Crippen molar-refractivity contribution in [3.8, 4) is 39.5 Å². The van der Waals surface area contributed by atoms with Gasteiger partial charge in [0, 0.05) is 44.0 Å². The molecule has 4 heteroatoms. The van der Waals surface area contributed by atoms with E-state index < -0.39 is 0 Å². The largest absolute Gasteiger partial charge is 0.438 e. The van der Waals surface area contributed by atoms with Crippen LogP contribution in [0.3, 0.4) is 0 Å². The van der Waals surface area contributed by atoms with Gasteiger partial charge < -0.3 is 8.98 Å². The van der Waals surface area contributed by atoms with Crippen LogP contribution in [0.15, 0.2) is 144 Å². The highest BCUT2D eigenvalue weighted by Gasteiger charge is 2.37. The zero-order valence-corrected chi connectivity index (χ0v) is 26.0. The van der Waals surface area contributed by atoms with Crippen molar-refractivity contribution in [3.05, 3.63) is 151 Å². The standard InChI is InChI=1S/C43H29N3O/c1-43(2)33-17-9-6-15-31(33)37-34(43)25-24-30-29-14-7-10-18-35(29)46(40(30)37)28-22-20-27(21-23-28)41-44-39(26-12-4-3-5-13-26)38-32-16-8-11-19-36(32)47-42(38)45-41/h3-25H,1-2H3. The smallest absolute Gasteiger partial charge is 0.231 e. The number of hydrogen-bond acceptors (Lipinski definition) is 3. The summed E-state index contributed by atoms with van der Waals surface area (Å²) < 4.78 is 8.72. The summed E-state index contributed by atoms with van der Waals surface area (Å²) in [6.07, 6.45) is 0. The maximum Gasteiger partial charge on any atom is 0.231 e. The average molecular weight is 604 g/mol. The first kappa shape index (κ1) is 26.2. The highest BCUT2D eigenvalue weighted by atomic mass is 16.3. The second kappa shape index (κ2) is 9.51. The molecule has 0 atom stereocenters. The first-order valence-corrected chi connectivity index (χ1v) is 16.1. The van der Waals surface area contributed by atoms with E-state index in [4.69, 9.17) is 14.4 Å². The minimum Gasteiger partial charge on any atom is -0.438 e. The number of fused-ring (bicyclic) bond motifs is 10. The summed E-state index contributed by atoms with van der Waals surface area (Å²) in [5.41, 5.74) is 13.1. The number of para-hydroxylation sites is 2. The minimum atomic E-state index is -0.0750. The van der Waals surface area contributed by atoms with Crippen molar-refractivity contribution >= 4 is 43.9 Å². The Labute approximate surface area is 271 Å². The second-order valence-corrected chi connectivity index (χ2v) is 13.0. The molecule has 0 amide bonds. The summed E-state index contributed by atoms with van der Waals surface area (Å²) in [5.74, 6) is 0.640. The Bertz CT molecular complexity index is 2700. The minimum absolute atomic E-state index is 0.0750. The second-order valence-electron chi connectivity index (χ2n) is 13.0. The third kappa shape index (κ3) is 3.64. The molecule has 0 aliphatic heterocycles. The van der Waals surface area contributed by atoms with Gasteiger partial charge in [-0.05, 0) is 53.1 Å². The Morgan fingerprint density at radius 1 is 0.574 bits per heavy atom. The van der Waals surface area contributed by atoms with Gasteiger partial charge in [-0.3, -0.25) is 0 Å². The van der Waals surface area contributed by atoms with Crippen molar-refractivity contribution < 1.29 is 4.42 Å². The third-order valence-corrected chi connectivity index (χ3v) is 10.0. The molecule has 0 bridgehead atoms. The molecule has 4 nitrogen and oxygen atoms in total. The van der Waals surface area contributed by atoms with Crippen LogP contribution in [0.4, 0.5) is 0 Å². The van der Waals surface area contributed by atoms with E-state index in [1.54, 1.807) is 0 Å². The Morgan fingerprint density at radius 3 is 2.15 bits per heavy atom. The molecule has 1 aliphatic rings. The van der Waals surface area contributed by atoms with E-state index in [9.17, 15) is 0 Å². The van der Waals surface area contributed by atoms with Crippen LogP contribution in [0.2, 0.25) is 0 Å². The molecule has 9 aromatic rings. The van der Waals surface area contributed by atoms with Crippen molar-refractivity contribution in [3.63, 3.8) is 0 Å². The number of furan rings is 1. The summed E-state index contributed by atoms with van der Waals surface area (Å²) in [6.45, 7) is 4.68. The molecule has 0 spiro atoms. The van der Waals surface area contributed by atoms with Gasteiger partial charge >= 0.3 is 0 Å². The normalized spacial score (nSPS) is 13.5. The topological polar surface area (TPSA) is 43.9 Å². The van der Waals surface area contributed by atoms with Gasteiger partial charge in [0.05, 0.1) is 22.1 Å². The van der Waals surface area contributed by atoms with Crippen LogP contribution < -0.4 is 0 Å². The van der Waals surface area contributed by atoms with Gasteiger partial charge in [0.25, 0.3) is 0 Å². The molecule has 3 heterocycles. The third-order valence-electron chi connectivity index (χ3n) is 10.0. The molecule has 1 aliphatic carbocycles. The molecule has 0 fully saturated rings. The van der Waals surface area contributed by atoms with Crippen LogP contribution in [0.25, 0.3) is 83.3 Å². The summed E-state index contributed by atoms with van der Waals surface area (Å²) >= 11 is 0. The molecular formula is C43H29N3O. The summed E-state index contributed by atoms with van der Waals surface area (Å²) in [7, 11) is 0. The highest BCUT2D eigenvalue weighted by Crippen LogP contribution is 2.52. The zero-order valence-electron chi connectivity index (χ0n) is 26.0. The Hall–Kier alpha value is -6.00. The zero-order chi connectivity index (χ0) is 31.3. The van der Waals surface area contributed by atoms with Gasteiger partial charge in [0.15, 0.2) is 5.82 Å². The van der Waals surface area contributed by atoms with Crippen molar-refractivity contribution in [1.29, 1.82) is 0 Å². The Balaban J connectivity index is 1.19. The van der Waals surface area contributed by atoms with Gasteiger partial charge in [0.2, 0.25) is 5.71 Å². The van der Waals surface area contributed by atoms with Crippen molar-refractivity contribution in [2.45, 2.75) is 19.3 Å². The van der Waals surface area contributed by atoms with Crippen LogP contribution in [-0.2, 0) is 5.41 Å². The van der Waals surface area contributed by atoms with E-state index >= 15 is 0 Å². The predicted molar refractivity (Wildman–Crippen MR) is 192 cm³/mol. The van der Waals surface area contributed by atoms with Gasteiger partial charge in [-0.1, -0.05) is 117 Å². The van der Waals surface area contributed by atoms with E-state index in [1.165, 1.54) is 44.1 Å². The number of aromatic nitrogens is 3. The Morgan fingerprint density at radius 2 is 1.30 bits per heavy atom. The molecule has 0 unspecified atom stereocenters.